The van der Waals surface area contributed by atoms with E-state index in [2.05, 4.69) is 44.5 Å². The van der Waals surface area contributed by atoms with Crippen LogP contribution >= 0.6 is 0 Å². The van der Waals surface area contributed by atoms with Crippen molar-refractivity contribution >= 4 is 11.9 Å². The molecule has 0 radical (unpaired) electrons. The van der Waals surface area contributed by atoms with Crippen molar-refractivity contribution in [2.45, 2.75) is 26.7 Å². The van der Waals surface area contributed by atoms with E-state index in [4.69, 9.17) is 4.74 Å². The van der Waals surface area contributed by atoms with Crippen molar-refractivity contribution in [3.63, 3.8) is 0 Å². The number of anilines is 2. The third-order valence-electron chi connectivity index (χ3n) is 3.42. The summed E-state index contributed by atoms with van der Waals surface area (Å²) in [4.78, 5) is 15.3. The third kappa shape index (κ3) is 5.00. The Labute approximate surface area is 126 Å². The molecule has 0 aliphatic carbocycles. The molecule has 21 heavy (non-hydrogen) atoms. The molecule has 2 N–H and O–H groups in total. The smallest absolute Gasteiger partial charge is 0.323 e. The highest BCUT2D eigenvalue weighted by Crippen LogP contribution is 2.16. The van der Waals surface area contributed by atoms with Crippen LogP contribution in [0.3, 0.4) is 0 Å². The maximum atomic E-state index is 5.52. The first-order valence-electron chi connectivity index (χ1n) is 7.76. The molecule has 118 valence electrons. The highest BCUT2D eigenvalue weighted by molar-refractivity contribution is 5.35. The van der Waals surface area contributed by atoms with Gasteiger partial charge in [-0.15, -0.1) is 0 Å². The van der Waals surface area contributed by atoms with E-state index in [1.165, 1.54) is 6.42 Å². The minimum absolute atomic E-state index is 0.383. The topological polar surface area (TPSA) is 75.2 Å². The molecule has 1 saturated heterocycles. The summed E-state index contributed by atoms with van der Waals surface area (Å²) in [6, 6.07) is 0.383. The SMILES string of the molecule is CCCOc1nc(NCC)nc(NCC2CCN(C)C2)n1. The Hall–Kier alpha value is -1.63. The molecule has 1 aromatic rings. The predicted molar refractivity (Wildman–Crippen MR) is 83.9 cm³/mol. The normalized spacial score (nSPS) is 18.7. The fourth-order valence-electron chi connectivity index (χ4n) is 2.36. The number of hydrogen-bond donors (Lipinski definition) is 2. The van der Waals surface area contributed by atoms with Gasteiger partial charge in [-0.3, -0.25) is 0 Å². The van der Waals surface area contributed by atoms with Gasteiger partial charge in [-0.05, 0) is 39.3 Å². The molecule has 1 aromatic heterocycles. The molecule has 2 rings (SSSR count). The summed E-state index contributed by atoms with van der Waals surface area (Å²) < 4.78 is 5.52. The van der Waals surface area contributed by atoms with Crippen LogP contribution in [0.4, 0.5) is 11.9 Å². The standard InChI is InChI=1S/C14H26N6O/c1-4-8-21-14-18-12(15-5-2)17-13(19-14)16-9-11-6-7-20(3)10-11/h11H,4-10H2,1-3H3,(H2,15,16,17,18,19). The number of nitrogens with zero attached hydrogens (tertiary/aromatic N) is 4. The number of nitrogens with one attached hydrogen (secondary N) is 2. The van der Waals surface area contributed by atoms with Crippen molar-refractivity contribution in [1.29, 1.82) is 0 Å². The van der Waals surface area contributed by atoms with Crippen LogP contribution in [-0.4, -0.2) is 59.7 Å². The van der Waals surface area contributed by atoms with E-state index in [1.807, 2.05) is 6.92 Å². The third-order valence-corrected chi connectivity index (χ3v) is 3.42. The second-order valence-electron chi connectivity index (χ2n) is 5.44. The Bertz CT molecular complexity index is 441. The van der Waals surface area contributed by atoms with Gasteiger partial charge < -0.3 is 20.3 Å². The second kappa shape index (κ2) is 7.97. The van der Waals surface area contributed by atoms with E-state index < -0.39 is 0 Å². The van der Waals surface area contributed by atoms with Crippen LogP contribution in [0.5, 0.6) is 6.01 Å². The summed E-state index contributed by atoms with van der Waals surface area (Å²) in [6.45, 7) is 8.62. The van der Waals surface area contributed by atoms with Crippen molar-refractivity contribution in [2.75, 3.05) is 50.5 Å². The van der Waals surface area contributed by atoms with Gasteiger partial charge >= 0.3 is 6.01 Å². The quantitative estimate of drug-likeness (QED) is 0.751. The van der Waals surface area contributed by atoms with E-state index >= 15 is 0 Å². The highest BCUT2D eigenvalue weighted by Gasteiger charge is 2.19. The van der Waals surface area contributed by atoms with Crippen LogP contribution in [0.2, 0.25) is 0 Å². The minimum atomic E-state index is 0.383. The maximum Gasteiger partial charge on any atom is 0.323 e. The summed E-state index contributed by atoms with van der Waals surface area (Å²) in [6.07, 6.45) is 2.15. The molecule has 1 fully saturated rings. The van der Waals surface area contributed by atoms with Crippen molar-refractivity contribution in [2.24, 2.45) is 5.92 Å². The molecule has 0 amide bonds. The van der Waals surface area contributed by atoms with Crippen molar-refractivity contribution in [3.05, 3.63) is 0 Å². The fourth-order valence-corrected chi connectivity index (χ4v) is 2.36. The zero-order valence-electron chi connectivity index (χ0n) is 13.2. The molecule has 1 aliphatic heterocycles. The maximum absolute atomic E-state index is 5.52. The Balaban J connectivity index is 1.97. The fraction of sp³-hybridized carbons (Fsp3) is 0.786. The van der Waals surface area contributed by atoms with Gasteiger partial charge in [0.2, 0.25) is 11.9 Å². The van der Waals surface area contributed by atoms with E-state index in [-0.39, 0.29) is 0 Å². The highest BCUT2D eigenvalue weighted by atomic mass is 16.5. The average Bonchev–Trinajstić information content (AvgIpc) is 2.89. The zero-order chi connectivity index (χ0) is 15.1. The van der Waals surface area contributed by atoms with Crippen molar-refractivity contribution in [3.8, 4) is 6.01 Å². The number of aromatic nitrogens is 3. The monoisotopic (exact) mass is 294 g/mol. The molecule has 0 saturated carbocycles. The van der Waals surface area contributed by atoms with Crippen LogP contribution in [0, 0.1) is 5.92 Å². The van der Waals surface area contributed by atoms with Crippen LogP contribution in [0.25, 0.3) is 0 Å². The van der Waals surface area contributed by atoms with Gasteiger partial charge in [0.15, 0.2) is 0 Å². The Morgan fingerprint density at radius 3 is 2.57 bits per heavy atom. The summed E-state index contributed by atoms with van der Waals surface area (Å²) in [7, 11) is 2.16. The number of rotatable bonds is 8. The second-order valence-corrected chi connectivity index (χ2v) is 5.44. The minimum Gasteiger partial charge on any atom is -0.463 e. The van der Waals surface area contributed by atoms with E-state index in [0.29, 0.717) is 30.4 Å². The first-order chi connectivity index (χ1) is 10.2. The molecule has 0 aromatic carbocycles. The Kier molecular flexibility index (Phi) is 5.98. The van der Waals surface area contributed by atoms with E-state index in [9.17, 15) is 0 Å². The van der Waals surface area contributed by atoms with Crippen LogP contribution in [0.15, 0.2) is 0 Å². The van der Waals surface area contributed by atoms with Crippen LogP contribution in [-0.2, 0) is 0 Å². The summed E-state index contributed by atoms with van der Waals surface area (Å²) in [5.74, 6) is 1.79. The number of hydrogen-bond acceptors (Lipinski definition) is 7. The number of ether oxygens (including phenoxy) is 1. The molecular formula is C14H26N6O. The molecule has 7 heteroatoms. The van der Waals surface area contributed by atoms with Gasteiger partial charge in [0, 0.05) is 19.6 Å². The van der Waals surface area contributed by atoms with Gasteiger partial charge in [-0.2, -0.15) is 15.0 Å². The molecular weight excluding hydrogens is 268 g/mol. The zero-order valence-corrected chi connectivity index (χ0v) is 13.2. The Morgan fingerprint density at radius 2 is 1.95 bits per heavy atom. The predicted octanol–water partition coefficient (Wildman–Crippen LogP) is 1.46. The molecule has 2 heterocycles. The lowest BCUT2D eigenvalue weighted by Crippen LogP contribution is -2.20. The average molecular weight is 294 g/mol. The molecule has 1 aliphatic rings. The van der Waals surface area contributed by atoms with Gasteiger partial charge in [0.1, 0.15) is 0 Å². The molecule has 1 unspecified atom stereocenters. The summed E-state index contributed by atoms with van der Waals surface area (Å²) in [5.41, 5.74) is 0. The first-order valence-corrected chi connectivity index (χ1v) is 7.76. The Morgan fingerprint density at radius 1 is 1.19 bits per heavy atom. The van der Waals surface area contributed by atoms with Gasteiger partial charge in [-0.1, -0.05) is 6.92 Å². The molecule has 0 bridgehead atoms. The van der Waals surface area contributed by atoms with E-state index in [0.717, 1.165) is 32.6 Å². The van der Waals surface area contributed by atoms with Crippen molar-refractivity contribution in [1.82, 2.24) is 19.9 Å². The lowest BCUT2D eigenvalue weighted by atomic mass is 10.1. The summed E-state index contributed by atoms with van der Waals surface area (Å²) >= 11 is 0. The molecule has 7 nitrogen and oxygen atoms in total. The van der Waals surface area contributed by atoms with Crippen molar-refractivity contribution < 1.29 is 4.74 Å². The van der Waals surface area contributed by atoms with Gasteiger partial charge in [0.25, 0.3) is 0 Å². The summed E-state index contributed by atoms with van der Waals surface area (Å²) in [5, 5.41) is 6.42. The molecule has 0 spiro atoms. The lowest BCUT2D eigenvalue weighted by molar-refractivity contribution is 0.292. The van der Waals surface area contributed by atoms with Crippen LogP contribution < -0.4 is 15.4 Å². The largest absolute Gasteiger partial charge is 0.463 e. The molecule has 1 atom stereocenters. The van der Waals surface area contributed by atoms with E-state index in [1.54, 1.807) is 0 Å². The number of likely N-dealkylation sites (tertiary alicyclic amines) is 1. The van der Waals surface area contributed by atoms with Gasteiger partial charge in [0.05, 0.1) is 6.61 Å². The first kappa shape index (κ1) is 15.8. The lowest BCUT2D eigenvalue weighted by Gasteiger charge is -2.13. The van der Waals surface area contributed by atoms with Crippen LogP contribution in [0.1, 0.15) is 26.7 Å². The van der Waals surface area contributed by atoms with Gasteiger partial charge in [-0.25, -0.2) is 0 Å².